The van der Waals surface area contributed by atoms with E-state index in [1.54, 1.807) is 16.7 Å². The number of para-hydroxylation sites is 1. The van der Waals surface area contributed by atoms with Gasteiger partial charge < -0.3 is 4.42 Å². The molecule has 0 aliphatic carbocycles. The molecule has 0 amide bonds. The maximum Gasteiger partial charge on any atom is 0.336 e. The van der Waals surface area contributed by atoms with Crippen LogP contribution >= 0.6 is 11.8 Å². The van der Waals surface area contributed by atoms with Crippen molar-refractivity contribution < 1.29 is 4.42 Å². The van der Waals surface area contributed by atoms with E-state index < -0.39 is 0 Å². The Labute approximate surface area is 171 Å². The van der Waals surface area contributed by atoms with Gasteiger partial charge in [0.1, 0.15) is 5.58 Å². The highest BCUT2D eigenvalue weighted by atomic mass is 32.2. The average molecular weight is 404 g/mol. The Morgan fingerprint density at radius 1 is 1.14 bits per heavy atom. The second-order valence-electron chi connectivity index (χ2n) is 6.68. The lowest BCUT2D eigenvalue weighted by molar-refractivity contribution is 0.559. The Bertz CT molecular complexity index is 1340. The fourth-order valence-corrected chi connectivity index (χ4v) is 4.30. The Balaban J connectivity index is 1.77. The van der Waals surface area contributed by atoms with E-state index in [4.69, 9.17) is 4.42 Å². The summed E-state index contributed by atoms with van der Waals surface area (Å²) >= 11 is 1.43. The minimum Gasteiger partial charge on any atom is -0.423 e. The summed E-state index contributed by atoms with van der Waals surface area (Å²) in [5.41, 5.74) is 2.74. The van der Waals surface area contributed by atoms with Gasteiger partial charge in [0.15, 0.2) is 5.16 Å². The number of rotatable bonds is 6. The van der Waals surface area contributed by atoms with Crippen molar-refractivity contribution in [3.05, 3.63) is 93.1 Å². The molecular formula is C23H20N2O3S. The van der Waals surface area contributed by atoms with Crippen LogP contribution in [0.1, 0.15) is 18.1 Å². The van der Waals surface area contributed by atoms with Crippen molar-refractivity contribution in [2.45, 2.75) is 30.8 Å². The quantitative estimate of drug-likeness (QED) is 0.204. The Hall–Kier alpha value is -3.12. The fourth-order valence-electron chi connectivity index (χ4n) is 3.30. The molecule has 146 valence electrons. The summed E-state index contributed by atoms with van der Waals surface area (Å²) in [6.07, 6.45) is 2.55. The predicted octanol–water partition coefficient (Wildman–Crippen LogP) is 4.54. The maximum atomic E-state index is 12.9. The molecule has 29 heavy (non-hydrogen) atoms. The van der Waals surface area contributed by atoms with Crippen molar-refractivity contribution in [1.82, 2.24) is 9.55 Å². The van der Waals surface area contributed by atoms with Crippen LogP contribution in [0.4, 0.5) is 0 Å². The zero-order valence-corrected chi connectivity index (χ0v) is 16.9. The second kappa shape index (κ2) is 8.09. The van der Waals surface area contributed by atoms with Gasteiger partial charge >= 0.3 is 5.63 Å². The number of hydrogen-bond acceptors (Lipinski definition) is 5. The normalized spacial score (nSPS) is 11.2. The van der Waals surface area contributed by atoms with Crippen LogP contribution < -0.4 is 11.2 Å². The number of thioether (sulfide) groups is 1. The van der Waals surface area contributed by atoms with Crippen molar-refractivity contribution in [2.75, 3.05) is 0 Å². The zero-order valence-electron chi connectivity index (χ0n) is 16.1. The molecule has 0 aliphatic rings. The molecule has 0 fully saturated rings. The van der Waals surface area contributed by atoms with Crippen LogP contribution in [-0.4, -0.2) is 9.55 Å². The van der Waals surface area contributed by atoms with E-state index in [0.29, 0.717) is 33.9 Å². The summed E-state index contributed by atoms with van der Waals surface area (Å²) in [6, 6.07) is 14.7. The summed E-state index contributed by atoms with van der Waals surface area (Å²) in [6.45, 7) is 6.19. The van der Waals surface area contributed by atoms with Gasteiger partial charge in [-0.15, -0.1) is 6.58 Å². The van der Waals surface area contributed by atoms with Crippen LogP contribution in [0.25, 0.3) is 21.9 Å². The third-order valence-corrected chi connectivity index (χ3v) is 5.82. The Morgan fingerprint density at radius 3 is 2.76 bits per heavy atom. The van der Waals surface area contributed by atoms with Gasteiger partial charge in [0.05, 0.1) is 10.9 Å². The zero-order chi connectivity index (χ0) is 20.4. The molecule has 0 saturated heterocycles. The highest BCUT2D eigenvalue weighted by Crippen LogP contribution is 2.26. The lowest BCUT2D eigenvalue weighted by Crippen LogP contribution is -2.22. The molecule has 2 heterocycles. The van der Waals surface area contributed by atoms with E-state index in [1.165, 1.54) is 17.8 Å². The average Bonchev–Trinajstić information content (AvgIpc) is 2.73. The summed E-state index contributed by atoms with van der Waals surface area (Å²) < 4.78 is 7.00. The molecule has 0 bridgehead atoms. The van der Waals surface area contributed by atoms with E-state index in [1.807, 2.05) is 36.4 Å². The van der Waals surface area contributed by atoms with E-state index in [0.717, 1.165) is 22.9 Å². The van der Waals surface area contributed by atoms with Gasteiger partial charge in [0.25, 0.3) is 5.56 Å². The third-order valence-electron chi connectivity index (χ3n) is 4.80. The molecule has 0 saturated carbocycles. The van der Waals surface area contributed by atoms with E-state index in [9.17, 15) is 9.59 Å². The van der Waals surface area contributed by atoms with Gasteiger partial charge in [-0.25, -0.2) is 9.78 Å². The van der Waals surface area contributed by atoms with Crippen LogP contribution in [-0.2, 0) is 18.7 Å². The molecule has 5 nitrogen and oxygen atoms in total. The highest BCUT2D eigenvalue weighted by molar-refractivity contribution is 7.98. The predicted molar refractivity (Wildman–Crippen MR) is 118 cm³/mol. The SMILES string of the molecule is C=CCn1c(SCc2cc(=O)oc3cc(CC)ccc23)nc2ccccc2c1=O. The Morgan fingerprint density at radius 2 is 1.97 bits per heavy atom. The van der Waals surface area contributed by atoms with Gasteiger partial charge in [-0.3, -0.25) is 9.36 Å². The third kappa shape index (κ3) is 3.76. The molecule has 0 N–H and O–H groups in total. The maximum absolute atomic E-state index is 12.9. The summed E-state index contributed by atoms with van der Waals surface area (Å²) in [4.78, 5) is 29.6. The van der Waals surface area contributed by atoms with Gasteiger partial charge in [-0.1, -0.05) is 49.0 Å². The molecule has 0 aliphatic heterocycles. The van der Waals surface area contributed by atoms with Gasteiger partial charge in [-0.2, -0.15) is 0 Å². The van der Waals surface area contributed by atoms with Crippen LogP contribution in [0.3, 0.4) is 0 Å². The highest BCUT2D eigenvalue weighted by Gasteiger charge is 2.13. The molecule has 0 spiro atoms. The summed E-state index contributed by atoms with van der Waals surface area (Å²) in [7, 11) is 0. The van der Waals surface area contributed by atoms with Crippen molar-refractivity contribution in [3.8, 4) is 0 Å². The first-order chi connectivity index (χ1) is 14.1. The minimum atomic E-state index is -0.378. The smallest absolute Gasteiger partial charge is 0.336 e. The molecule has 6 heteroatoms. The molecule has 0 radical (unpaired) electrons. The largest absolute Gasteiger partial charge is 0.423 e. The first-order valence-corrected chi connectivity index (χ1v) is 10.4. The Kier molecular flexibility index (Phi) is 5.36. The summed E-state index contributed by atoms with van der Waals surface area (Å²) in [5, 5.41) is 2.07. The van der Waals surface area contributed by atoms with Crippen LogP contribution in [0, 0.1) is 0 Å². The number of allylic oxidation sites excluding steroid dienone is 1. The van der Waals surface area contributed by atoms with E-state index >= 15 is 0 Å². The van der Waals surface area contributed by atoms with E-state index in [2.05, 4.69) is 18.5 Å². The minimum absolute atomic E-state index is 0.0944. The molecule has 0 unspecified atom stereocenters. The topological polar surface area (TPSA) is 65.1 Å². The number of nitrogens with zero attached hydrogens (tertiary/aromatic N) is 2. The molecule has 4 aromatic rings. The number of aromatic nitrogens is 2. The van der Waals surface area contributed by atoms with Gasteiger partial charge in [-0.05, 0) is 35.7 Å². The van der Waals surface area contributed by atoms with Crippen LogP contribution in [0.15, 0.2) is 80.3 Å². The molecule has 4 rings (SSSR count). The number of aryl methyl sites for hydroxylation is 1. The lowest BCUT2D eigenvalue weighted by Gasteiger charge is -2.12. The molecule has 2 aromatic carbocycles. The van der Waals surface area contributed by atoms with Gasteiger partial charge in [0, 0.05) is 23.8 Å². The fraction of sp³-hybridized carbons (Fsp3) is 0.174. The number of benzene rings is 2. The van der Waals surface area contributed by atoms with E-state index in [-0.39, 0.29) is 11.2 Å². The van der Waals surface area contributed by atoms with Crippen LogP contribution in [0.5, 0.6) is 0 Å². The van der Waals surface area contributed by atoms with Gasteiger partial charge in [0.2, 0.25) is 0 Å². The van der Waals surface area contributed by atoms with Crippen molar-refractivity contribution in [3.63, 3.8) is 0 Å². The second-order valence-corrected chi connectivity index (χ2v) is 7.62. The standard InChI is InChI=1S/C23H20N2O3S/c1-3-11-25-22(27)18-7-5-6-8-19(18)24-23(25)29-14-16-13-21(26)28-20-12-15(4-2)9-10-17(16)20/h3,5-10,12-13H,1,4,11,14H2,2H3. The first kappa shape index (κ1) is 19.2. The van der Waals surface area contributed by atoms with Crippen LogP contribution in [0.2, 0.25) is 0 Å². The number of fused-ring (bicyclic) bond motifs is 2. The van der Waals surface area contributed by atoms with Crippen molar-refractivity contribution >= 4 is 33.6 Å². The van der Waals surface area contributed by atoms with Crippen molar-refractivity contribution in [2.24, 2.45) is 0 Å². The van der Waals surface area contributed by atoms with Crippen molar-refractivity contribution in [1.29, 1.82) is 0 Å². The molecule has 0 atom stereocenters. The first-order valence-electron chi connectivity index (χ1n) is 9.39. The lowest BCUT2D eigenvalue weighted by atomic mass is 10.1. The molecule has 2 aromatic heterocycles. The number of hydrogen-bond donors (Lipinski definition) is 0. The summed E-state index contributed by atoms with van der Waals surface area (Å²) in [5.74, 6) is 0.496. The molecular weight excluding hydrogens is 384 g/mol. The monoisotopic (exact) mass is 404 g/mol.